The predicted octanol–water partition coefficient (Wildman–Crippen LogP) is 1.13. The second-order valence-corrected chi connectivity index (χ2v) is 3.96. The lowest BCUT2D eigenvalue weighted by Crippen LogP contribution is -2.38. The number of ether oxygens (including phenoxy) is 1. The summed E-state index contributed by atoms with van der Waals surface area (Å²) < 4.78 is 5.66. The molecular formula is C11H16N2O. The molecule has 14 heavy (non-hydrogen) atoms. The highest BCUT2D eigenvalue weighted by Crippen LogP contribution is 2.30. The van der Waals surface area contributed by atoms with Crippen LogP contribution in [0.4, 0.5) is 5.69 Å². The first-order valence-electron chi connectivity index (χ1n) is 4.85. The first-order chi connectivity index (χ1) is 6.68. The average molecular weight is 192 g/mol. The minimum absolute atomic E-state index is 0.437. The van der Waals surface area contributed by atoms with Crippen molar-refractivity contribution in [2.45, 2.75) is 12.5 Å². The molecule has 0 aliphatic carbocycles. The lowest BCUT2D eigenvalue weighted by Gasteiger charge is -2.30. The molecule has 0 fully saturated rings. The smallest absolute Gasteiger partial charge is 0.124 e. The van der Waals surface area contributed by atoms with Crippen molar-refractivity contribution in [3.63, 3.8) is 0 Å². The number of fused-ring (bicyclic) bond motifs is 1. The summed E-state index contributed by atoms with van der Waals surface area (Å²) in [7, 11) is 4.14. The molecule has 1 atom stereocenters. The number of anilines is 1. The molecule has 2 rings (SSSR count). The van der Waals surface area contributed by atoms with E-state index < -0.39 is 0 Å². The molecule has 3 heteroatoms. The van der Waals surface area contributed by atoms with Crippen molar-refractivity contribution >= 4 is 5.69 Å². The zero-order valence-corrected chi connectivity index (χ0v) is 8.66. The number of hydrogen-bond acceptors (Lipinski definition) is 3. The van der Waals surface area contributed by atoms with Gasteiger partial charge in [-0.2, -0.15) is 0 Å². The summed E-state index contributed by atoms with van der Waals surface area (Å²) in [4.78, 5) is 2.18. The molecule has 0 saturated heterocycles. The number of rotatable bonds is 1. The van der Waals surface area contributed by atoms with Crippen molar-refractivity contribution in [3.8, 4) is 5.75 Å². The van der Waals surface area contributed by atoms with E-state index in [0.29, 0.717) is 6.04 Å². The number of nitrogens with zero attached hydrogens (tertiary/aromatic N) is 1. The van der Waals surface area contributed by atoms with Gasteiger partial charge in [0, 0.05) is 17.3 Å². The fourth-order valence-electron chi connectivity index (χ4n) is 1.75. The molecule has 0 bridgehead atoms. The second kappa shape index (κ2) is 3.50. The molecule has 1 aliphatic heterocycles. The van der Waals surface area contributed by atoms with Gasteiger partial charge in [0.05, 0.1) is 0 Å². The van der Waals surface area contributed by atoms with E-state index in [0.717, 1.165) is 30.0 Å². The Hall–Kier alpha value is -1.22. The van der Waals surface area contributed by atoms with Gasteiger partial charge >= 0.3 is 0 Å². The van der Waals surface area contributed by atoms with Crippen molar-refractivity contribution in [3.05, 3.63) is 23.8 Å². The first-order valence-corrected chi connectivity index (χ1v) is 4.85. The van der Waals surface area contributed by atoms with Crippen LogP contribution < -0.4 is 10.5 Å². The summed E-state index contributed by atoms with van der Waals surface area (Å²) in [5, 5.41) is 0. The summed E-state index contributed by atoms with van der Waals surface area (Å²) in [6.45, 7) is 0.753. The zero-order chi connectivity index (χ0) is 10.1. The van der Waals surface area contributed by atoms with Gasteiger partial charge in [0.25, 0.3) is 0 Å². The molecule has 1 heterocycles. The molecule has 2 N–H and O–H groups in total. The quantitative estimate of drug-likeness (QED) is 0.678. The molecule has 1 aromatic rings. The standard InChI is InChI=1S/C11H16N2O/c1-13(2)8-6-9-10(12)4-3-5-11(9)14-7-8/h3-5,8H,6-7,12H2,1-2H3. The molecule has 0 radical (unpaired) electrons. The van der Waals surface area contributed by atoms with E-state index in [1.807, 2.05) is 18.2 Å². The summed E-state index contributed by atoms with van der Waals surface area (Å²) in [6.07, 6.45) is 0.981. The van der Waals surface area contributed by atoms with E-state index >= 15 is 0 Å². The van der Waals surface area contributed by atoms with Gasteiger partial charge in [-0.25, -0.2) is 0 Å². The Bertz CT molecular complexity index is 336. The molecule has 0 spiro atoms. The minimum Gasteiger partial charge on any atom is -0.492 e. The maximum atomic E-state index is 5.91. The summed E-state index contributed by atoms with van der Waals surface area (Å²) in [5.74, 6) is 0.947. The van der Waals surface area contributed by atoms with Crippen LogP contribution >= 0.6 is 0 Å². The molecule has 1 aliphatic rings. The van der Waals surface area contributed by atoms with Gasteiger partial charge in [-0.05, 0) is 32.6 Å². The highest BCUT2D eigenvalue weighted by molar-refractivity contribution is 5.55. The molecule has 0 saturated carbocycles. The third-order valence-electron chi connectivity index (χ3n) is 2.77. The van der Waals surface area contributed by atoms with Gasteiger partial charge in [-0.15, -0.1) is 0 Å². The third kappa shape index (κ3) is 1.55. The number of hydrogen-bond donors (Lipinski definition) is 1. The SMILES string of the molecule is CN(C)C1COc2cccc(N)c2C1. The van der Waals surface area contributed by atoms with Gasteiger partial charge in [0.1, 0.15) is 12.4 Å². The zero-order valence-electron chi connectivity index (χ0n) is 8.66. The van der Waals surface area contributed by atoms with E-state index in [4.69, 9.17) is 10.5 Å². The molecule has 76 valence electrons. The van der Waals surface area contributed by atoms with Gasteiger partial charge in [-0.3, -0.25) is 0 Å². The van der Waals surface area contributed by atoms with Gasteiger partial charge in [0.15, 0.2) is 0 Å². The average Bonchev–Trinajstić information content (AvgIpc) is 2.18. The fourth-order valence-corrected chi connectivity index (χ4v) is 1.75. The van der Waals surface area contributed by atoms with Crippen molar-refractivity contribution in [2.75, 3.05) is 26.4 Å². The summed E-state index contributed by atoms with van der Waals surface area (Å²) in [6, 6.07) is 6.29. The number of likely N-dealkylation sites (N-methyl/N-ethyl adjacent to an activating group) is 1. The van der Waals surface area contributed by atoms with Crippen LogP contribution in [-0.2, 0) is 6.42 Å². The normalized spacial score (nSPS) is 20.4. The Morgan fingerprint density at radius 3 is 2.93 bits per heavy atom. The molecule has 0 amide bonds. The largest absolute Gasteiger partial charge is 0.492 e. The number of benzene rings is 1. The monoisotopic (exact) mass is 192 g/mol. The highest BCUT2D eigenvalue weighted by atomic mass is 16.5. The highest BCUT2D eigenvalue weighted by Gasteiger charge is 2.22. The van der Waals surface area contributed by atoms with Gasteiger partial charge < -0.3 is 15.4 Å². The molecule has 3 nitrogen and oxygen atoms in total. The van der Waals surface area contributed by atoms with E-state index in [1.54, 1.807) is 0 Å². The predicted molar refractivity (Wildman–Crippen MR) is 57.5 cm³/mol. The maximum absolute atomic E-state index is 5.91. The van der Waals surface area contributed by atoms with Crippen molar-refractivity contribution in [2.24, 2.45) is 0 Å². The lowest BCUT2D eigenvalue weighted by atomic mass is 10.0. The van der Waals surface area contributed by atoms with Crippen LogP contribution in [-0.4, -0.2) is 31.6 Å². The van der Waals surface area contributed by atoms with Crippen LogP contribution in [0, 0.1) is 0 Å². The van der Waals surface area contributed by atoms with Gasteiger partial charge in [-0.1, -0.05) is 6.07 Å². The van der Waals surface area contributed by atoms with Crippen LogP contribution in [0.2, 0.25) is 0 Å². The van der Waals surface area contributed by atoms with Crippen LogP contribution in [0.5, 0.6) is 5.75 Å². The van der Waals surface area contributed by atoms with E-state index in [9.17, 15) is 0 Å². The van der Waals surface area contributed by atoms with E-state index in [1.165, 1.54) is 0 Å². The number of nitrogens with two attached hydrogens (primary N) is 1. The van der Waals surface area contributed by atoms with Crippen LogP contribution in [0.25, 0.3) is 0 Å². The molecule has 1 aromatic carbocycles. The fraction of sp³-hybridized carbons (Fsp3) is 0.455. The minimum atomic E-state index is 0.437. The molecule has 0 aromatic heterocycles. The topological polar surface area (TPSA) is 38.5 Å². The Morgan fingerprint density at radius 1 is 1.43 bits per heavy atom. The lowest BCUT2D eigenvalue weighted by molar-refractivity contribution is 0.165. The Labute approximate surface area is 84.5 Å². The second-order valence-electron chi connectivity index (χ2n) is 3.96. The molecular weight excluding hydrogens is 176 g/mol. The molecule has 1 unspecified atom stereocenters. The van der Waals surface area contributed by atoms with Crippen molar-refractivity contribution in [1.29, 1.82) is 0 Å². The third-order valence-corrected chi connectivity index (χ3v) is 2.77. The first kappa shape index (κ1) is 9.34. The summed E-state index contributed by atoms with van der Waals surface area (Å²) in [5.41, 5.74) is 7.90. The number of nitrogen functional groups attached to an aromatic ring is 1. The Balaban J connectivity index is 2.29. The Morgan fingerprint density at radius 2 is 2.21 bits per heavy atom. The van der Waals surface area contributed by atoms with E-state index in [-0.39, 0.29) is 0 Å². The van der Waals surface area contributed by atoms with Crippen LogP contribution in [0.3, 0.4) is 0 Å². The van der Waals surface area contributed by atoms with Crippen LogP contribution in [0.1, 0.15) is 5.56 Å². The van der Waals surface area contributed by atoms with Gasteiger partial charge in [0.2, 0.25) is 0 Å². The van der Waals surface area contributed by atoms with Crippen LogP contribution in [0.15, 0.2) is 18.2 Å². The maximum Gasteiger partial charge on any atom is 0.124 e. The van der Waals surface area contributed by atoms with Crippen molar-refractivity contribution in [1.82, 2.24) is 4.90 Å². The van der Waals surface area contributed by atoms with E-state index in [2.05, 4.69) is 19.0 Å². The van der Waals surface area contributed by atoms with Crippen molar-refractivity contribution < 1.29 is 4.74 Å². The Kier molecular flexibility index (Phi) is 2.33. The summed E-state index contributed by atoms with van der Waals surface area (Å²) >= 11 is 0.